The predicted octanol–water partition coefficient (Wildman–Crippen LogP) is 0.480. The number of halogens is 1. The van der Waals surface area contributed by atoms with Gasteiger partial charge in [-0.05, 0) is 24.6 Å². The fourth-order valence-electron chi connectivity index (χ4n) is 1.18. The van der Waals surface area contributed by atoms with Crippen LogP contribution in [0.2, 0.25) is 0 Å². The summed E-state index contributed by atoms with van der Waals surface area (Å²) in [7, 11) is -4.38. The van der Waals surface area contributed by atoms with Gasteiger partial charge in [0.1, 0.15) is 10.7 Å². The molecule has 3 N–H and O–H groups in total. The number of primary sulfonamides is 1. The van der Waals surface area contributed by atoms with E-state index >= 15 is 0 Å². The average molecular weight is 233 g/mol. The van der Waals surface area contributed by atoms with Gasteiger partial charge in [-0.2, -0.15) is 0 Å². The molecule has 0 fully saturated rings. The van der Waals surface area contributed by atoms with E-state index in [1.54, 1.807) is 0 Å². The zero-order chi connectivity index (χ0) is 11.8. The summed E-state index contributed by atoms with van der Waals surface area (Å²) in [5, 5.41) is 13.4. The molecule has 0 saturated heterocycles. The number of hydrogen-bond donors (Lipinski definition) is 2. The van der Waals surface area contributed by atoms with Crippen LogP contribution >= 0.6 is 0 Å². The second-order valence-electron chi connectivity index (χ2n) is 2.97. The van der Waals surface area contributed by atoms with Crippen molar-refractivity contribution in [3.8, 4) is 0 Å². The number of carboxylic acid groups (broad SMARTS) is 1. The van der Waals surface area contributed by atoms with Gasteiger partial charge in [-0.3, -0.25) is 0 Å². The molecule has 1 rings (SSSR count). The fraction of sp³-hybridized carbons (Fsp3) is 0.125. The summed E-state index contributed by atoms with van der Waals surface area (Å²) >= 11 is 0. The molecule has 0 amide bonds. The van der Waals surface area contributed by atoms with Crippen molar-refractivity contribution in [1.29, 1.82) is 0 Å². The molecule has 0 aliphatic rings. The monoisotopic (exact) mass is 233 g/mol. The van der Waals surface area contributed by atoms with Crippen LogP contribution in [-0.4, -0.2) is 19.5 Å². The van der Waals surface area contributed by atoms with E-state index < -0.39 is 32.3 Å². The van der Waals surface area contributed by atoms with Crippen molar-refractivity contribution in [2.24, 2.45) is 5.14 Å². The van der Waals surface area contributed by atoms with Crippen molar-refractivity contribution in [3.05, 3.63) is 29.1 Å². The minimum atomic E-state index is -4.38. The first-order chi connectivity index (χ1) is 6.73. The zero-order valence-corrected chi connectivity index (χ0v) is 8.51. The van der Waals surface area contributed by atoms with Crippen LogP contribution in [0.15, 0.2) is 17.0 Å². The second kappa shape index (κ2) is 3.59. The number of aryl methyl sites for hydroxylation is 1. The van der Waals surface area contributed by atoms with Crippen LogP contribution in [0, 0.1) is 12.7 Å². The van der Waals surface area contributed by atoms with E-state index in [2.05, 4.69) is 0 Å². The zero-order valence-electron chi connectivity index (χ0n) is 7.69. The third-order valence-corrected chi connectivity index (χ3v) is 2.69. The van der Waals surface area contributed by atoms with E-state index in [0.29, 0.717) is 5.56 Å². The Labute approximate surface area is 85.4 Å². The number of sulfonamides is 1. The van der Waals surface area contributed by atoms with Gasteiger partial charge in [0.15, 0.2) is 0 Å². The first-order valence-corrected chi connectivity index (χ1v) is 5.34. The first kappa shape index (κ1) is 11.6. The standard InChI is InChI=1S/C8H8FNO4S/c1-4-2-5(8(11)12)7(6(9)3-4)15(10,13)14/h2-3H,1H3,(H,11,12)(H2,10,13,14). The van der Waals surface area contributed by atoms with Crippen molar-refractivity contribution in [2.45, 2.75) is 11.8 Å². The molecule has 7 heteroatoms. The fourth-order valence-corrected chi connectivity index (χ4v) is 1.96. The van der Waals surface area contributed by atoms with Crippen molar-refractivity contribution < 1.29 is 22.7 Å². The van der Waals surface area contributed by atoms with E-state index in [-0.39, 0.29) is 0 Å². The Bertz CT molecular complexity index is 524. The normalized spacial score (nSPS) is 11.4. The minimum absolute atomic E-state index is 0.303. The number of nitrogens with two attached hydrogens (primary N) is 1. The van der Waals surface area contributed by atoms with Crippen molar-refractivity contribution in [2.75, 3.05) is 0 Å². The van der Waals surface area contributed by atoms with Gasteiger partial charge >= 0.3 is 5.97 Å². The summed E-state index contributed by atoms with van der Waals surface area (Å²) < 4.78 is 35.2. The molecule has 0 bridgehead atoms. The van der Waals surface area contributed by atoms with Crippen LogP contribution in [0.4, 0.5) is 4.39 Å². The van der Waals surface area contributed by atoms with E-state index in [1.807, 2.05) is 0 Å². The lowest BCUT2D eigenvalue weighted by Crippen LogP contribution is -2.19. The second-order valence-corrected chi connectivity index (χ2v) is 4.47. The third kappa shape index (κ3) is 2.31. The molecule has 15 heavy (non-hydrogen) atoms. The van der Waals surface area contributed by atoms with Gasteiger partial charge in [-0.25, -0.2) is 22.7 Å². The highest BCUT2D eigenvalue weighted by atomic mass is 32.2. The summed E-state index contributed by atoms with van der Waals surface area (Å²) in [6.07, 6.45) is 0. The molecule has 0 aliphatic carbocycles. The molecule has 0 saturated carbocycles. The van der Waals surface area contributed by atoms with Gasteiger partial charge in [0.05, 0.1) is 5.56 Å². The third-order valence-electron chi connectivity index (χ3n) is 1.70. The lowest BCUT2D eigenvalue weighted by atomic mass is 10.1. The van der Waals surface area contributed by atoms with Crippen LogP contribution in [0.1, 0.15) is 15.9 Å². The number of aromatic carboxylic acids is 1. The summed E-state index contributed by atoms with van der Waals surface area (Å²) in [5.74, 6) is -2.70. The van der Waals surface area contributed by atoms with Crippen molar-refractivity contribution in [1.82, 2.24) is 0 Å². The maximum absolute atomic E-state index is 13.2. The van der Waals surface area contributed by atoms with Gasteiger partial charge < -0.3 is 5.11 Å². The molecule has 0 radical (unpaired) electrons. The Morgan fingerprint density at radius 3 is 2.40 bits per heavy atom. The molecule has 0 unspecified atom stereocenters. The Morgan fingerprint density at radius 1 is 1.47 bits per heavy atom. The molecule has 0 heterocycles. The van der Waals surface area contributed by atoms with Gasteiger partial charge in [-0.1, -0.05) is 0 Å². The molecule has 82 valence electrons. The van der Waals surface area contributed by atoms with Gasteiger partial charge in [0.2, 0.25) is 10.0 Å². The Kier molecular flexibility index (Phi) is 2.78. The molecule has 0 aliphatic heterocycles. The summed E-state index contributed by atoms with van der Waals surface area (Å²) in [6, 6.07) is 1.96. The lowest BCUT2D eigenvalue weighted by Gasteiger charge is -2.06. The number of carboxylic acids is 1. The SMILES string of the molecule is Cc1cc(F)c(S(N)(=O)=O)c(C(=O)O)c1. The van der Waals surface area contributed by atoms with Gasteiger partial charge in [0, 0.05) is 0 Å². The van der Waals surface area contributed by atoms with Crippen LogP contribution < -0.4 is 5.14 Å². The van der Waals surface area contributed by atoms with Gasteiger partial charge in [0.25, 0.3) is 0 Å². The van der Waals surface area contributed by atoms with Crippen molar-refractivity contribution >= 4 is 16.0 Å². The largest absolute Gasteiger partial charge is 0.478 e. The Balaban J connectivity index is 3.70. The van der Waals surface area contributed by atoms with Gasteiger partial charge in [-0.15, -0.1) is 0 Å². The molecular formula is C8H8FNO4S. The summed E-state index contributed by atoms with van der Waals surface area (Å²) in [5.41, 5.74) is -0.354. The number of benzene rings is 1. The Morgan fingerprint density at radius 2 is 2.00 bits per heavy atom. The Hall–Kier alpha value is -1.47. The van der Waals surface area contributed by atoms with E-state index in [0.717, 1.165) is 12.1 Å². The average Bonchev–Trinajstić information content (AvgIpc) is 1.99. The van der Waals surface area contributed by atoms with Crippen molar-refractivity contribution in [3.63, 3.8) is 0 Å². The quantitative estimate of drug-likeness (QED) is 0.776. The maximum Gasteiger partial charge on any atom is 0.337 e. The minimum Gasteiger partial charge on any atom is -0.478 e. The topological polar surface area (TPSA) is 97.5 Å². The van der Waals surface area contributed by atoms with Crippen LogP contribution in [0.5, 0.6) is 0 Å². The van der Waals surface area contributed by atoms with Crippen LogP contribution in [0.25, 0.3) is 0 Å². The van der Waals surface area contributed by atoms with E-state index in [1.165, 1.54) is 6.92 Å². The van der Waals surface area contributed by atoms with E-state index in [4.69, 9.17) is 10.2 Å². The molecular weight excluding hydrogens is 225 g/mol. The van der Waals surface area contributed by atoms with E-state index in [9.17, 15) is 17.6 Å². The number of hydrogen-bond acceptors (Lipinski definition) is 3. The first-order valence-electron chi connectivity index (χ1n) is 3.79. The molecule has 1 aromatic rings. The number of rotatable bonds is 2. The highest BCUT2D eigenvalue weighted by Crippen LogP contribution is 2.20. The highest BCUT2D eigenvalue weighted by molar-refractivity contribution is 7.89. The predicted molar refractivity (Wildman–Crippen MR) is 49.5 cm³/mol. The summed E-state index contributed by atoms with van der Waals surface area (Å²) in [4.78, 5) is 9.70. The van der Waals surface area contributed by atoms with Crippen LogP contribution in [-0.2, 0) is 10.0 Å². The maximum atomic E-state index is 13.2. The smallest absolute Gasteiger partial charge is 0.337 e. The highest BCUT2D eigenvalue weighted by Gasteiger charge is 2.23. The molecule has 0 spiro atoms. The van der Waals surface area contributed by atoms with Crippen LogP contribution in [0.3, 0.4) is 0 Å². The summed E-state index contributed by atoms with van der Waals surface area (Å²) in [6.45, 7) is 1.45. The molecule has 1 aromatic carbocycles. The molecule has 5 nitrogen and oxygen atoms in total. The molecule has 0 aromatic heterocycles. The lowest BCUT2D eigenvalue weighted by molar-refractivity contribution is 0.0691. The molecule has 0 atom stereocenters. The number of carbonyl (C=O) groups is 1.